The molecule has 17 heavy (non-hydrogen) atoms. The molecule has 0 saturated carbocycles. The molecule has 0 aliphatic carbocycles. The first-order valence-electron chi connectivity index (χ1n) is 5.19. The number of methoxy groups -OCH3 is 1. The minimum absolute atomic E-state index is 0.340. The van der Waals surface area contributed by atoms with E-state index in [4.69, 9.17) is 14.6 Å². The van der Waals surface area contributed by atoms with E-state index in [9.17, 15) is 4.79 Å². The molecule has 0 amide bonds. The van der Waals surface area contributed by atoms with E-state index in [0.717, 1.165) is 11.3 Å². The Hall–Kier alpha value is -1.75. The summed E-state index contributed by atoms with van der Waals surface area (Å²) >= 11 is 0. The van der Waals surface area contributed by atoms with Gasteiger partial charge in [-0.05, 0) is 32.3 Å². The van der Waals surface area contributed by atoms with E-state index in [1.165, 1.54) is 0 Å². The molecule has 0 saturated heterocycles. The summed E-state index contributed by atoms with van der Waals surface area (Å²) in [6.45, 7) is 0.362. The van der Waals surface area contributed by atoms with E-state index in [1.807, 2.05) is 19.0 Å². The van der Waals surface area contributed by atoms with Crippen LogP contribution in [-0.4, -0.2) is 43.8 Å². The third kappa shape index (κ3) is 4.32. The molecule has 0 fully saturated rings. The summed E-state index contributed by atoms with van der Waals surface area (Å²) < 4.78 is 10.3. The van der Waals surface area contributed by atoms with Crippen molar-refractivity contribution >= 4 is 5.97 Å². The van der Waals surface area contributed by atoms with Gasteiger partial charge in [-0.2, -0.15) is 0 Å². The number of carboxylic acids is 1. The van der Waals surface area contributed by atoms with E-state index in [2.05, 4.69) is 0 Å². The second-order valence-electron chi connectivity index (χ2n) is 3.89. The molecule has 0 bridgehead atoms. The quantitative estimate of drug-likeness (QED) is 0.808. The van der Waals surface area contributed by atoms with Gasteiger partial charge in [0.15, 0.2) is 6.61 Å². The van der Waals surface area contributed by atoms with Crippen LogP contribution in [0.4, 0.5) is 0 Å². The van der Waals surface area contributed by atoms with Gasteiger partial charge in [-0.25, -0.2) is 4.79 Å². The van der Waals surface area contributed by atoms with E-state index in [0.29, 0.717) is 12.3 Å². The van der Waals surface area contributed by atoms with Crippen LogP contribution >= 0.6 is 0 Å². The summed E-state index contributed by atoms with van der Waals surface area (Å²) in [7, 11) is 5.50. The van der Waals surface area contributed by atoms with Gasteiger partial charge >= 0.3 is 5.97 Å². The van der Waals surface area contributed by atoms with Crippen molar-refractivity contribution < 1.29 is 19.4 Å². The summed E-state index contributed by atoms with van der Waals surface area (Å²) in [5.74, 6) is 0.307. The number of carboxylic acid groups (broad SMARTS) is 1. The fraction of sp³-hybridized carbons (Fsp3) is 0.417. The van der Waals surface area contributed by atoms with Crippen molar-refractivity contribution in [3.05, 3.63) is 23.8 Å². The number of ether oxygens (including phenoxy) is 2. The Balaban J connectivity index is 2.84. The molecule has 0 aromatic heterocycles. The first-order chi connectivity index (χ1) is 8.02. The van der Waals surface area contributed by atoms with Gasteiger partial charge in [-0.3, -0.25) is 0 Å². The summed E-state index contributed by atoms with van der Waals surface area (Å²) in [4.78, 5) is 12.4. The first kappa shape index (κ1) is 13.3. The largest absolute Gasteiger partial charge is 0.496 e. The Morgan fingerprint density at radius 1 is 1.41 bits per heavy atom. The Morgan fingerprint density at radius 2 is 2.12 bits per heavy atom. The zero-order valence-electron chi connectivity index (χ0n) is 10.3. The predicted octanol–water partition coefficient (Wildman–Crippen LogP) is 1.22. The zero-order valence-corrected chi connectivity index (χ0v) is 10.3. The maximum atomic E-state index is 10.4. The standard InChI is InChI=1S/C12H17NO4/c1-13(2)7-9-6-10(17-8-12(14)15)4-5-11(9)16-3/h4-6H,7-8H2,1-3H3,(H,14,15). The normalized spacial score (nSPS) is 10.4. The van der Waals surface area contributed by atoms with Crippen LogP contribution in [0.25, 0.3) is 0 Å². The van der Waals surface area contributed by atoms with Crippen LogP contribution < -0.4 is 9.47 Å². The third-order valence-electron chi connectivity index (χ3n) is 2.10. The molecule has 5 nitrogen and oxygen atoms in total. The highest BCUT2D eigenvalue weighted by Crippen LogP contribution is 2.24. The highest BCUT2D eigenvalue weighted by atomic mass is 16.5. The lowest BCUT2D eigenvalue weighted by molar-refractivity contribution is -0.139. The van der Waals surface area contributed by atoms with Crippen LogP contribution in [0.1, 0.15) is 5.56 Å². The number of benzene rings is 1. The van der Waals surface area contributed by atoms with E-state index in [1.54, 1.807) is 25.3 Å². The number of carbonyl (C=O) groups is 1. The number of aliphatic carboxylic acids is 1. The van der Waals surface area contributed by atoms with Gasteiger partial charge in [-0.15, -0.1) is 0 Å². The maximum Gasteiger partial charge on any atom is 0.341 e. The number of hydrogen-bond donors (Lipinski definition) is 1. The third-order valence-corrected chi connectivity index (χ3v) is 2.10. The smallest absolute Gasteiger partial charge is 0.341 e. The van der Waals surface area contributed by atoms with Crippen LogP contribution in [0.15, 0.2) is 18.2 Å². The van der Waals surface area contributed by atoms with Gasteiger partial charge in [0.1, 0.15) is 11.5 Å². The molecule has 5 heteroatoms. The summed E-state index contributed by atoms with van der Waals surface area (Å²) in [5, 5.41) is 8.53. The van der Waals surface area contributed by atoms with Crippen LogP contribution in [0.5, 0.6) is 11.5 Å². The molecule has 0 atom stereocenters. The van der Waals surface area contributed by atoms with Gasteiger partial charge in [-0.1, -0.05) is 0 Å². The zero-order chi connectivity index (χ0) is 12.8. The van der Waals surface area contributed by atoms with Crippen LogP contribution in [-0.2, 0) is 11.3 Å². The fourth-order valence-corrected chi connectivity index (χ4v) is 1.45. The monoisotopic (exact) mass is 239 g/mol. The lowest BCUT2D eigenvalue weighted by Gasteiger charge is -2.14. The predicted molar refractivity (Wildman–Crippen MR) is 63.5 cm³/mol. The van der Waals surface area contributed by atoms with Crippen LogP contribution in [0.3, 0.4) is 0 Å². The summed E-state index contributed by atoms with van der Waals surface area (Å²) in [6.07, 6.45) is 0. The first-order valence-corrected chi connectivity index (χ1v) is 5.19. The molecule has 0 heterocycles. The second kappa shape index (κ2) is 6.10. The van der Waals surface area contributed by atoms with Crippen LogP contribution in [0, 0.1) is 0 Å². The number of hydrogen-bond acceptors (Lipinski definition) is 4. The molecule has 0 aliphatic rings. The van der Waals surface area contributed by atoms with Gasteiger partial charge in [0.2, 0.25) is 0 Å². The second-order valence-corrected chi connectivity index (χ2v) is 3.89. The maximum absolute atomic E-state index is 10.4. The van der Waals surface area contributed by atoms with Crippen molar-refractivity contribution in [3.63, 3.8) is 0 Å². The van der Waals surface area contributed by atoms with Crippen molar-refractivity contribution in [2.24, 2.45) is 0 Å². The van der Waals surface area contributed by atoms with Crippen LogP contribution in [0.2, 0.25) is 0 Å². The van der Waals surface area contributed by atoms with E-state index < -0.39 is 5.97 Å². The SMILES string of the molecule is COc1ccc(OCC(=O)O)cc1CN(C)C. The molecular weight excluding hydrogens is 222 g/mol. The van der Waals surface area contributed by atoms with Crippen molar-refractivity contribution in [2.45, 2.75) is 6.54 Å². The lowest BCUT2D eigenvalue weighted by Crippen LogP contribution is -2.13. The van der Waals surface area contributed by atoms with Gasteiger partial charge in [0.25, 0.3) is 0 Å². The minimum Gasteiger partial charge on any atom is -0.496 e. The molecule has 0 aliphatic heterocycles. The lowest BCUT2D eigenvalue weighted by atomic mass is 10.2. The van der Waals surface area contributed by atoms with Crippen molar-refractivity contribution in [3.8, 4) is 11.5 Å². The van der Waals surface area contributed by atoms with Gasteiger partial charge < -0.3 is 19.5 Å². The molecule has 1 rings (SSSR count). The summed E-state index contributed by atoms with van der Waals surface area (Å²) in [6, 6.07) is 5.26. The number of nitrogens with zero attached hydrogens (tertiary/aromatic N) is 1. The molecular formula is C12H17NO4. The van der Waals surface area contributed by atoms with E-state index >= 15 is 0 Å². The van der Waals surface area contributed by atoms with Gasteiger partial charge in [0, 0.05) is 12.1 Å². The van der Waals surface area contributed by atoms with Gasteiger partial charge in [0.05, 0.1) is 7.11 Å². The Bertz CT molecular complexity index is 390. The topological polar surface area (TPSA) is 59.0 Å². The molecule has 1 aromatic rings. The Morgan fingerprint density at radius 3 is 2.65 bits per heavy atom. The Labute approximate surface area is 101 Å². The minimum atomic E-state index is -0.991. The highest BCUT2D eigenvalue weighted by Gasteiger charge is 2.07. The number of rotatable bonds is 6. The fourth-order valence-electron chi connectivity index (χ4n) is 1.45. The molecule has 1 N–H and O–H groups in total. The molecule has 0 radical (unpaired) electrons. The molecule has 94 valence electrons. The Kier molecular flexibility index (Phi) is 4.78. The summed E-state index contributed by atoms with van der Waals surface area (Å²) in [5.41, 5.74) is 0.959. The average molecular weight is 239 g/mol. The van der Waals surface area contributed by atoms with Crippen molar-refractivity contribution in [2.75, 3.05) is 27.8 Å². The highest BCUT2D eigenvalue weighted by molar-refractivity contribution is 5.68. The van der Waals surface area contributed by atoms with Crippen molar-refractivity contribution in [1.82, 2.24) is 4.90 Å². The van der Waals surface area contributed by atoms with E-state index in [-0.39, 0.29) is 6.61 Å². The molecule has 0 unspecified atom stereocenters. The van der Waals surface area contributed by atoms with Crippen molar-refractivity contribution in [1.29, 1.82) is 0 Å². The molecule has 0 spiro atoms. The molecule has 1 aromatic carbocycles. The average Bonchev–Trinajstić information content (AvgIpc) is 2.25.